The predicted octanol–water partition coefficient (Wildman–Crippen LogP) is 3.79. The summed E-state index contributed by atoms with van der Waals surface area (Å²) < 4.78 is 0. The minimum Gasteiger partial charge on any atom is -0.371 e. The lowest BCUT2D eigenvalue weighted by Gasteiger charge is -2.33. The molecule has 0 saturated carbocycles. The summed E-state index contributed by atoms with van der Waals surface area (Å²) in [7, 11) is 0. The van der Waals surface area contributed by atoms with Crippen LogP contribution < -0.4 is 0 Å². The maximum Gasteiger partial charge on any atom is 0.0511 e. The first-order chi connectivity index (χ1) is 8.16. The largest absolute Gasteiger partial charge is 0.371 e. The van der Waals surface area contributed by atoms with Gasteiger partial charge in [-0.2, -0.15) is 0 Å². The van der Waals surface area contributed by atoms with Crippen molar-refractivity contribution in [1.29, 1.82) is 0 Å². The van der Waals surface area contributed by atoms with Crippen LogP contribution in [0.5, 0.6) is 0 Å². The van der Waals surface area contributed by atoms with Crippen molar-refractivity contribution in [3.05, 3.63) is 23.0 Å². The molecule has 2 heterocycles. The monoisotopic (exact) mass is 252 g/mol. The van der Waals surface area contributed by atoms with Gasteiger partial charge < -0.3 is 4.90 Å². The standard InChI is InChI=1S/C14H21ClN2/c1-11-5-7-17(8-6-11)13-4-3-12(2)14(15)10-16-9-13/h4,9-12H,3,5-8H2,1-2H3. The highest BCUT2D eigenvalue weighted by molar-refractivity contribution is 6.29. The molecule has 17 heavy (non-hydrogen) atoms. The highest BCUT2D eigenvalue weighted by atomic mass is 35.5. The summed E-state index contributed by atoms with van der Waals surface area (Å²) in [6.45, 7) is 6.80. The molecule has 94 valence electrons. The Labute approximate surface area is 109 Å². The summed E-state index contributed by atoms with van der Waals surface area (Å²) in [5, 5.41) is 0.851. The van der Waals surface area contributed by atoms with E-state index < -0.39 is 0 Å². The molecule has 2 aliphatic heterocycles. The minimum absolute atomic E-state index is 0.382. The maximum absolute atomic E-state index is 6.10. The van der Waals surface area contributed by atoms with Crippen molar-refractivity contribution >= 4 is 17.8 Å². The van der Waals surface area contributed by atoms with Crippen LogP contribution >= 0.6 is 11.6 Å². The number of allylic oxidation sites excluding steroid dienone is 3. The molecule has 2 nitrogen and oxygen atoms in total. The van der Waals surface area contributed by atoms with Crippen molar-refractivity contribution in [2.24, 2.45) is 16.8 Å². The van der Waals surface area contributed by atoms with E-state index in [0.29, 0.717) is 5.92 Å². The SMILES string of the molecule is CC1CCN(C2=CCC(C)C(Cl)=CN=C2)CC1. The van der Waals surface area contributed by atoms with Gasteiger partial charge in [0, 0.05) is 30.5 Å². The van der Waals surface area contributed by atoms with Crippen LogP contribution in [0.1, 0.15) is 33.1 Å². The van der Waals surface area contributed by atoms with Crippen molar-refractivity contribution in [2.45, 2.75) is 33.1 Å². The molecule has 0 amide bonds. The Kier molecular flexibility index (Phi) is 4.27. The molecule has 0 spiro atoms. The molecule has 2 rings (SSSR count). The van der Waals surface area contributed by atoms with Gasteiger partial charge in [-0.15, -0.1) is 0 Å². The number of nitrogens with zero attached hydrogens (tertiary/aromatic N) is 2. The fraction of sp³-hybridized carbons (Fsp3) is 0.643. The smallest absolute Gasteiger partial charge is 0.0511 e. The molecule has 2 aliphatic rings. The first-order valence-electron chi connectivity index (χ1n) is 6.50. The molecule has 0 aliphatic carbocycles. The van der Waals surface area contributed by atoms with Crippen molar-refractivity contribution in [1.82, 2.24) is 4.90 Å². The Balaban J connectivity index is 2.06. The Bertz CT molecular complexity index is 349. The molecule has 0 radical (unpaired) electrons. The second kappa shape index (κ2) is 5.72. The van der Waals surface area contributed by atoms with Gasteiger partial charge in [-0.3, -0.25) is 4.99 Å². The van der Waals surface area contributed by atoms with Crippen LogP contribution in [0.3, 0.4) is 0 Å². The van der Waals surface area contributed by atoms with Gasteiger partial charge in [0.05, 0.1) is 5.70 Å². The topological polar surface area (TPSA) is 15.6 Å². The summed E-state index contributed by atoms with van der Waals surface area (Å²) in [5.41, 5.74) is 1.27. The van der Waals surface area contributed by atoms with Gasteiger partial charge in [-0.05, 0) is 31.1 Å². The quantitative estimate of drug-likeness (QED) is 0.693. The zero-order chi connectivity index (χ0) is 12.3. The third-order valence-corrected chi connectivity index (χ3v) is 4.17. The molecule has 1 atom stereocenters. The number of hydrogen-bond donors (Lipinski definition) is 0. The summed E-state index contributed by atoms with van der Waals surface area (Å²) in [6.07, 6.45) is 9.59. The zero-order valence-electron chi connectivity index (χ0n) is 10.7. The highest BCUT2D eigenvalue weighted by Gasteiger charge is 2.17. The maximum atomic E-state index is 6.10. The van der Waals surface area contributed by atoms with Crippen molar-refractivity contribution in [3.8, 4) is 0 Å². The molecule has 1 unspecified atom stereocenters. The van der Waals surface area contributed by atoms with Crippen LogP contribution in [0.15, 0.2) is 28.0 Å². The van der Waals surface area contributed by atoms with E-state index in [4.69, 9.17) is 11.6 Å². The molecular weight excluding hydrogens is 232 g/mol. The minimum atomic E-state index is 0.382. The normalized spacial score (nSPS) is 27.2. The third-order valence-electron chi connectivity index (χ3n) is 3.70. The first kappa shape index (κ1) is 12.7. The molecule has 0 aromatic carbocycles. The van der Waals surface area contributed by atoms with E-state index in [9.17, 15) is 0 Å². The molecule has 3 heteroatoms. The number of piperidine rings is 1. The molecule has 0 aromatic rings. The first-order valence-corrected chi connectivity index (χ1v) is 6.88. The second-order valence-electron chi connectivity index (χ2n) is 5.23. The van der Waals surface area contributed by atoms with Crippen molar-refractivity contribution in [3.63, 3.8) is 0 Å². The highest BCUT2D eigenvalue weighted by Crippen LogP contribution is 2.24. The molecule has 0 N–H and O–H groups in total. The fourth-order valence-corrected chi connectivity index (χ4v) is 2.40. The second-order valence-corrected chi connectivity index (χ2v) is 5.66. The van der Waals surface area contributed by atoms with Crippen LogP contribution in [-0.2, 0) is 0 Å². The van der Waals surface area contributed by atoms with E-state index >= 15 is 0 Å². The Morgan fingerprint density at radius 1 is 1.29 bits per heavy atom. The lowest BCUT2D eigenvalue weighted by Crippen LogP contribution is -2.33. The van der Waals surface area contributed by atoms with Crippen LogP contribution in [-0.4, -0.2) is 24.2 Å². The van der Waals surface area contributed by atoms with E-state index in [1.54, 1.807) is 6.20 Å². The summed E-state index contributed by atoms with van der Waals surface area (Å²) in [5.74, 6) is 1.25. The van der Waals surface area contributed by atoms with E-state index in [0.717, 1.165) is 30.5 Å². The lowest BCUT2D eigenvalue weighted by atomic mass is 9.98. The van der Waals surface area contributed by atoms with Crippen LogP contribution in [0, 0.1) is 11.8 Å². The third kappa shape index (κ3) is 3.35. The van der Waals surface area contributed by atoms with Gasteiger partial charge in [0.15, 0.2) is 0 Å². The van der Waals surface area contributed by atoms with E-state index in [1.165, 1.54) is 18.5 Å². The Morgan fingerprint density at radius 3 is 2.71 bits per heavy atom. The average Bonchev–Trinajstić information content (AvgIpc) is 2.32. The summed E-state index contributed by atoms with van der Waals surface area (Å²) in [6, 6.07) is 0. The number of likely N-dealkylation sites (tertiary alicyclic amines) is 1. The zero-order valence-corrected chi connectivity index (χ0v) is 11.5. The van der Waals surface area contributed by atoms with Crippen LogP contribution in [0.4, 0.5) is 0 Å². The summed E-state index contributed by atoms with van der Waals surface area (Å²) >= 11 is 6.10. The fourth-order valence-electron chi connectivity index (χ4n) is 2.25. The van der Waals surface area contributed by atoms with Crippen molar-refractivity contribution < 1.29 is 0 Å². The van der Waals surface area contributed by atoms with Crippen LogP contribution in [0.2, 0.25) is 0 Å². The van der Waals surface area contributed by atoms with Crippen molar-refractivity contribution in [2.75, 3.05) is 13.1 Å². The van der Waals surface area contributed by atoms with Gasteiger partial charge in [0.1, 0.15) is 0 Å². The molecule has 0 bridgehead atoms. The average molecular weight is 253 g/mol. The molecular formula is C14H21ClN2. The van der Waals surface area contributed by atoms with Gasteiger partial charge in [-0.1, -0.05) is 31.5 Å². The van der Waals surface area contributed by atoms with E-state index in [1.807, 2.05) is 6.21 Å². The van der Waals surface area contributed by atoms with Crippen LogP contribution in [0.25, 0.3) is 0 Å². The molecule has 0 aromatic heterocycles. The Hall–Kier alpha value is -0.760. The van der Waals surface area contributed by atoms with Gasteiger partial charge in [0.2, 0.25) is 0 Å². The molecule has 1 saturated heterocycles. The van der Waals surface area contributed by atoms with Gasteiger partial charge >= 0.3 is 0 Å². The van der Waals surface area contributed by atoms with E-state index in [2.05, 4.69) is 29.8 Å². The number of rotatable bonds is 1. The predicted molar refractivity (Wildman–Crippen MR) is 74.3 cm³/mol. The lowest BCUT2D eigenvalue weighted by molar-refractivity contribution is 0.246. The number of hydrogen-bond acceptors (Lipinski definition) is 2. The number of halogens is 1. The Morgan fingerprint density at radius 2 is 2.00 bits per heavy atom. The molecule has 1 fully saturated rings. The van der Waals surface area contributed by atoms with Gasteiger partial charge in [-0.25, -0.2) is 0 Å². The van der Waals surface area contributed by atoms with E-state index in [-0.39, 0.29) is 0 Å². The van der Waals surface area contributed by atoms with Gasteiger partial charge in [0.25, 0.3) is 0 Å². The summed E-state index contributed by atoms with van der Waals surface area (Å²) in [4.78, 5) is 6.76. The number of aliphatic imine (C=N–C) groups is 1.